The topological polar surface area (TPSA) is 80.3 Å². The highest BCUT2D eigenvalue weighted by atomic mass is 16.5. The van der Waals surface area contributed by atoms with E-state index in [1.54, 1.807) is 37.5 Å². The van der Waals surface area contributed by atoms with Crippen LogP contribution < -0.4 is 15.4 Å². The predicted octanol–water partition coefficient (Wildman–Crippen LogP) is 1.28. The molecule has 1 aromatic carbocycles. The van der Waals surface area contributed by atoms with Gasteiger partial charge >= 0.3 is 0 Å². The summed E-state index contributed by atoms with van der Waals surface area (Å²) in [6, 6.07) is 12.1. The van der Waals surface area contributed by atoms with Crippen LogP contribution in [0.2, 0.25) is 0 Å². The fourth-order valence-electron chi connectivity index (χ4n) is 1.86. The van der Waals surface area contributed by atoms with Crippen molar-refractivity contribution in [2.24, 2.45) is 0 Å². The first kappa shape index (κ1) is 16.5. The molecule has 0 aliphatic heterocycles. The number of hydrogen-bond acceptors (Lipinski definition) is 4. The third kappa shape index (κ3) is 5.78. The molecule has 6 heteroatoms. The van der Waals surface area contributed by atoms with Gasteiger partial charge < -0.3 is 15.4 Å². The van der Waals surface area contributed by atoms with E-state index in [0.717, 1.165) is 5.56 Å². The van der Waals surface area contributed by atoms with Gasteiger partial charge in [-0.25, -0.2) is 0 Å². The van der Waals surface area contributed by atoms with Crippen LogP contribution in [-0.2, 0) is 16.1 Å². The van der Waals surface area contributed by atoms with Crippen LogP contribution in [0.3, 0.4) is 0 Å². The minimum Gasteiger partial charge on any atom is -0.484 e. The van der Waals surface area contributed by atoms with E-state index in [0.29, 0.717) is 12.3 Å². The molecule has 0 fully saturated rings. The number of rotatable bonds is 7. The van der Waals surface area contributed by atoms with Gasteiger partial charge in [-0.2, -0.15) is 0 Å². The number of nitrogens with zero attached hydrogens (tertiary/aromatic N) is 1. The molecule has 0 bridgehead atoms. The highest BCUT2D eigenvalue weighted by Gasteiger charge is 2.15. The Labute approximate surface area is 134 Å². The zero-order valence-corrected chi connectivity index (χ0v) is 12.9. The fourth-order valence-corrected chi connectivity index (χ4v) is 1.86. The van der Waals surface area contributed by atoms with Crippen LogP contribution in [0.5, 0.6) is 5.75 Å². The number of carbonyl (C=O) groups excluding carboxylic acids is 2. The summed E-state index contributed by atoms with van der Waals surface area (Å²) in [5.74, 6) is -0.00359. The number of para-hydroxylation sites is 1. The summed E-state index contributed by atoms with van der Waals surface area (Å²) in [6.07, 6.45) is 3.35. The average molecular weight is 313 g/mol. The molecule has 2 N–H and O–H groups in total. The number of ether oxygens (including phenoxy) is 1. The van der Waals surface area contributed by atoms with Crippen LogP contribution in [0, 0.1) is 0 Å². The van der Waals surface area contributed by atoms with Crippen molar-refractivity contribution in [1.82, 2.24) is 15.6 Å². The van der Waals surface area contributed by atoms with E-state index in [9.17, 15) is 9.59 Å². The summed E-state index contributed by atoms with van der Waals surface area (Å²) in [4.78, 5) is 27.7. The van der Waals surface area contributed by atoms with E-state index in [4.69, 9.17) is 4.74 Å². The van der Waals surface area contributed by atoms with Gasteiger partial charge in [0.05, 0.1) is 0 Å². The first-order valence-electron chi connectivity index (χ1n) is 7.29. The number of nitrogens with one attached hydrogen (secondary N) is 2. The van der Waals surface area contributed by atoms with Gasteiger partial charge in [0.1, 0.15) is 11.8 Å². The minimum atomic E-state index is -0.640. The van der Waals surface area contributed by atoms with Gasteiger partial charge in [0, 0.05) is 18.9 Å². The predicted molar refractivity (Wildman–Crippen MR) is 85.6 cm³/mol. The summed E-state index contributed by atoms with van der Waals surface area (Å²) in [6.45, 7) is 1.86. The molecule has 23 heavy (non-hydrogen) atoms. The Bertz CT molecular complexity index is 632. The van der Waals surface area contributed by atoms with Crippen molar-refractivity contribution in [1.29, 1.82) is 0 Å². The summed E-state index contributed by atoms with van der Waals surface area (Å²) in [5.41, 5.74) is 0.895. The summed E-state index contributed by atoms with van der Waals surface area (Å²) in [5, 5.41) is 5.34. The first-order valence-corrected chi connectivity index (χ1v) is 7.29. The number of carbonyl (C=O) groups is 2. The number of aromatic nitrogens is 1. The monoisotopic (exact) mass is 313 g/mol. The van der Waals surface area contributed by atoms with Crippen LogP contribution in [0.1, 0.15) is 12.5 Å². The third-order valence-corrected chi connectivity index (χ3v) is 3.07. The van der Waals surface area contributed by atoms with Crippen molar-refractivity contribution in [3.8, 4) is 5.75 Å². The largest absolute Gasteiger partial charge is 0.484 e. The second-order valence-electron chi connectivity index (χ2n) is 4.97. The van der Waals surface area contributed by atoms with Gasteiger partial charge in [0.25, 0.3) is 5.91 Å². The van der Waals surface area contributed by atoms with E-state index >= 15 is 0 Å². The summed E-state index contributed by atoms with van der Waals surface area (Å²) in [7, 11) is 0. The molecule has 0 aliphatic carbocycles. The molecule has 1 heterocycles. The normalized spacial score (nSPS) is 11.3. The summed E-state index contributed by atoms with van der Waals surface area (Å²) < 4.78 is 5.33. The molecule has 0 unspecified atom stereocenters. The maximum Gasteiger partial charge on any atom is 0.258 e. The molecule has 0 radical (unpaired) electrons. The molecule has 0 saturated carbocycles. The number of pyridine rings is 1. The zero-order valence-electron chi connectivity index (χ0n) is 12.9. The van der Waals surface area contributed by atoms with Gasteiger partial charge in [-0.3, -0.25) is 14.6 Å². The van der Waals surface area contributed by atoms with Gasteiger partial charge in [-0.15, -0.1) is 0 Å². The third-order valence-electron chi connectivity index (χ3n) is 3.07. The molecule has 6 nitrogen and oxygen atoms in total. The lowest BCUT2D eigenvalue weighted by Crippen LogP contribution is -2.46. The van der Waals surface area contributed by atoms with E-state index in [1.165, 1.54) is 0 Å². The average Bonchev–Trinajstić information content (AvgIpc) is 2.59. The molecule has 0 spiro atoms. The first-order chi connectivity index (χ1) is 11.1. The Hall–Kier alpha value is -2.89. The highest BCUT2D eigenvalue weighted by molar-refractivity contribution is 5.87. The van der Waals surface area contributed by atoms with E-state index in [2.05, 4.69) is 15.6 Å². The molecule has 2 rings (SSSR count). The zero-order chi connectivity index (χ0) is 16.5. The van der Waals surface area contributed by atoms with Gasteiger partial charge in [-0.05, 0) is 30.7 Å². The Balaban J connectivity index is 1.71. The van der Waals surface area contributed by atoms with E-state index in [1.807, 2.05) is 24.3 Å². The Morgan fingerprint density at radius 3 is 2.65 bits per heavy atom. The van der Waals surface area contributed by atoms with Gasteiger partial charge in [-0.1, -0.05) is 24.3 Å². The van der Waals surface area contributed by atoms with Crippen molar-refractivity contribution in [2.45, 2.75) is 19.5 Å². The number of hydrogen-bond donors (Lipinski definition) is 2. The van der Waals surface area contributed by atoms with Crippen LogP contribution in [-0.4, -0.2) is 29.4 Å². The maximum atomic E-state index is 11.9. The van der Waals surface area contributed by atoms with E-state index in [-0.39, 0.29) is 18.4 Å². The van der Waals surface area contributed by atoms with Gasteiger partial charge in [0.2, 0.25) is 5.91 Å². The molecule has 0 saturated heterocycles. The lowest BCUT2D eigenvalue weighted by atomic mass is 10.2. The second kappa shape index (κ2) is 8.53. The highest BCUT2D eigenvalue weighted by Crippen LogP contribution is 2.07. The second-order valence-corrected chi connectivity index (χ2v) is 4.97. The molecule has 2 aromatic rings. The lowest BCUT2D eigenvalue weighted by Gasteiger charge is -2.14. The molecule has 0 aliphatic rings. The molecule has 1 atom stereocenters. The van der Waals surface area contributed by atoms with Crippen LogP contribution in [0.25, 0.3) is 0 Å². The van der Waals surface area contributed by atoms with Crippen LogP contribution in [0.4, 0.5) is 0 Å². The summed E-state index contributed by atoms with van der Waals surface area (Å²) >= 11 is 0. The van der Waals surface area contributed by atoms with Gasteiger partial charge in [0.15, 0.2) is 6.61 Å². The SMILES string of the molecule is C[C@@H](NC(=O)COc1ccccc1)C(=O)NCc1cccnc1. The molecular weight excluding hydrogens is 294 g/mol. The molecule has 1 aromatic heterocycles. The Morgan fingerprint density at radius 1 is 1.17 bits per heavy atom. The number of benzene rings is 1. The van der Waals surface area contributed by atoms with Crippen LogP contribution >= 0.6 is 0 Å². The quantitative estimate of drug-likeness (QED) is 0.807. The molecule has 2 amide bonds. The van der Waals surface area contributed by atoms with Crippen molar-refractivity contribution >= 4 is 11.8 Å². The minimum absolute atomic E-state index is 0.135. The van der Waals surface area contributed by atoms with Crippen molar-refractivity contribution in [3.63, 3.8) is 0 Å². The standard InChI is InChI=1S/C17H19N3O3/c1-13(17(22)19-11-14-6-5-9-18-10-14)20-16(21)12-23-15-7-3-2-4-8-15/h2-10,13H,11-12H2,1H3,(H,19,22)(H,20,21)/t13-/m1/s1. The van der Waals surface area contributed by atoms with Crippen LogP contribution in [0.15, 0.2) is 54.9 Å². The Morgan fingerprint density at radius 2 is 1.96 bits per heavy atom. The Kier molecular flexibility index (Phi) is 6.11. The lowest BCUT2D eigenvalue weighted by molar-refractivity contribution is -0.129. The van der Waals surface area contributed by atoms with Crippen molar-refractivity contribution in [3.05, 3.63) is 60.4 Å². The fraction of sp³-hybridized carbons (Fsp3) is 0.235. The van der Waals surface area contributed by atoms with Crippen molar-refractivity contribution < 1.29 is 14.3 Å². The van der Waals surface area contributed by atoms with Crippen molar-refractivity contribution in [2.75, 3.05) is 6.61 Å². The van der Waals surface area contributed by atoms with E-state index < -0.39 is 6.04 Å². The maximum absolute atomic E-state index is 11.9. The molecule has 120 valence electrons. The number of amides is 2. The molecular formula is C17H19N3O3. The smallest absolute Gasteiger partial charge is 0.258 e.